The molecular weight excluding hydrogens is 302 g/mol. The fourth-order valence-corrected chi connectivity index (χ4v) is 2.12. The lowest BCUT2D eigenvalue weighted by Crippen LogP contribution is -2.40. The minimum Gasteiger partial charge on any atom is -0.360 e. The number of hydrogen-bond donors (Lipinski definition) is 1. The minimum absolute atomic E-state index is 0.0787. The van der Waals surface area contributed by atoms with Crippen LogP contribution in [-0.2, 0) is 25.4 Å². The molecule has 2 aromatic heterocycles. The van der Waals surface area contributed by atoms with E-state index in [1.165, 1.54) is 17.7 Å². The summed E-state index contributed by atoms with van der Waals surface area (Å²) in [6.45, 7) is 2.09. The summed E-state index contributed by atoms with van der Waals surface area (Å²) in [5.74, 6) is 0.681. The van der Waals surface area contributed by atoms with Gasteiger partial charge in [0, 0.05) is 38.5 Å². The van der Waals surface area contributed by atoms with Crippen LogP contribution in [0.4, 0.5) is 5.82 Å². The van der Waals surface area contributed by atoms with E-state index in [4.69, 9.17) is 4.52 Å². The number of nitrogens with one attached hydrogen (secondary N) is 1. The summed E-state index contributed by atoms with van der Waals surface area (Å²) in [5.41, 5.74) is -0.242. The zero-order chi connectivity index (χ0) is 17.1. The zero-order valence-corrected chi connectivity index (χ0v) is 13.5. The van der Waals surface area contributed by atoms with Crippen molar-refractivity contribution in [3.05, 3.63) is 44.4 Å². The predicted molar refractivity (Wildman–Crippen MR) is 83.1 cm³/mol. The van der Waals surface area contributed by atoms with Gasteiger partial charge in [0.05, 0.1) is 6.54 Å². The molecule has 1 N–H and O–H groups in total. The third-order valence-corrected chi connectivity index (χ3v) is 3.37. The van der Waals surface area contributed by atoms with Crippen LogP contribution in [0.15, 0.2) is 26.2 Å². The Morgan fingerprint density at radius 2 is 2.00 bits per heavy atom. The molecule has 0 radical (unpaired) electrons. The molecule has 0 saturated carbocycles. The second-order valence-electron chi connectivity index (χ2n) is 5.42. The second-order valence-corrected chi connectivity index (χ2v) is 5.42. The van der Waals surface area contributed by atoms with Gasteiger partial charge in [0.25, 0.3) is 5.56 Å². The highest BCUT2D eigenvalue weighted by Gasteiger charge is 2.12. The lowest BCUT2D eigenvalue weighted by molar-refractivity contribution is -0.117. The highest BCUT2D eigenvalue weighted by Crippen LogP contribution is 2.07. The molecule has 0 aliphatic heterocycles. The molecule has 0 saturated heterocycles. The van der Waals surface area contributed by atoms with Gasteiger partial charge in [-0.3, -0.25) is 23.6 Å². The molecule has 2 rings (SSSR count). The first-order valence-corrected chi connectivity index (χ1v) is 6.95. The summed E-state index contributed by atoms with van der Waals surface area (Å²) < 4.78 is 7.28. The van der Waals surface area contributed by atoms with Crippen LogP contribution in [-0.4, -0.2) is 38.7 Å². The van der Waals surface area contributed by atoms with E-state index >= 15 is 0 Å². The molecule has 0 atom stereocenters. The van der Waals surface area contributed by atoms with Gasteiger partial charge in [-0.2, -0.15) is 0 Å². The van der Waals surface area contributed by atoms with Gasteiger partial charge in [-0.1, -0.05) is 5.16 Å². The van der Waals surface area contributed by atoms with Crippen LogP contribution in [0.1, 0.15) is 11.5 Å². The Bertz CT molecular complexity index is 832. The van der Waals surface area contributed by atoms with Gasteiger partial charge in [0.1, 0.15) is 5.76 Å². The monoisotopic (exact) mass is 321 g/mol. The maximum absolute atomic E-state index is 11.9. The van der Waals surface area contributed by atoms with Gasteiger partial charge < -0.3 is 9.84 Å². The molecule has 9 heteroatoms. The Labute approximate surface area is 132 Å². The number of rotatable bonds is 5. The lowest BCUT2D eigenvalue weighted by Gasteiger charge is -2.17. The van der Waals surface area contributed by atoms with Crippen LogP contribution in [0.25, 0.3) is 0 Å². The van der Waals surface area contributed by atoms with E-state index in [0.717, 1.165) is 4.57 Å². The first-order valence-electron chi connectivity index (χ1n) is 6.95. The van der Waals surface area contributed by atoms with Gasteiger partial charge in [-0.25, -0.2) is 4.79 Å². The standard InChI is InChI=1S/C14H19N5O4/c1-9-5-11(16-23-9)15-12(20)8-17(2)7-10-6-13(21)19(4)14(22)18(10)3/h5-6H,7-8H2,1-4H3,(H,15,16,20). The van der Waals surface area contributed by atoms with Crippen LogP contribution in [0.2, 0.25) is 0 Å². The van der Waals surface area contributed by atoms with E-state index in [1.807, 2.05) is 0 Å². The number of aromatic nitrogens is 3. The molecule has 0 aliphatic carbocycles. The first kappa shape index (κ1) is 16.7. The molecule has 9 nitrogen and oxygen atoms in total. The average molecular weight is 321 g/mol. The highest BCUT2D eigenvalue weighted by atomic mass is 16.5. The van der Waals surface area contributed by atoms with E-state index in [1.54, 1.807) is 32.0 Å². The zero-order valence-electron chi connectivity index (χ0n) is 13.5. The summed E-state index contributed by atoms with van der Waals surface area (Å²) in [6, 6.07) is 3.00. The Morgan fingerprint density at radius 3 is 2.61 bits per heavy atom. The van der Waals surface area contributed by atoms with Crippen molar-refractivity contribution in [1.29, 1.82) is 0 Å². The van der Waals surface area contributed by atoms with Gasteiger partial charge in [-0.15, -0.1) is 0 Å². The maximum atomic E-state index is 11.9. The number of aryl methyl sites for hydroxylation is 1. The maximum Gasteiger partial charge on any atom is 0.330 e. The average Bonchev–Trinajstić information content (AvgIpc) is 2.87. The number of hydrogen-bond acceptors (Lipinski definition) is 6. The van der Waals surface area contributed by atoms with Crippen molar-refractivity contribution in [3.63, 3.8) is 0 Å². The van der Waals surface area contributed by atoms with Gasteiger partial charge in [-0.05, 0) is 14.0 Å². The smallest absolute Gasteiger partial charge is 0.330 e. The summed E-state index contributed by atoms with van der Waals surface area (Å²) in [6.07, 6.45) is 0. The molecule has 1 amide bonds. The van der Waals surface area contributed by atoms with Crippen LogP contribution in [0.3, 0.4) is 0 Å². The van der Waals surface area contributed by atoms with Crippen LogP contribution < -0.4 is 16.6 Å². The Kier molecular flexibility index (Phi) is 4.80. The third-order valence-electron chi connectivity index (χ3n) is 3.37. The number of nitrogens with zero attached hydrogens (tertiary/aromatic N) is 4. The molecular formula is C14H19N5O4. The Balaban J connectivity index is 2.02. The van der Waals surface area contributed by atoms with E-state index in [9.17, 15) is 14.4 Å². The van der Waals surface area contributed by atoms with Crippen molar-refractivity contribution in [1.82, 2.24) is 19.2 Å². The number of amides is 1. The summed E-state index contributed by atoms with van der Waals surface area (Å²) in [4.78, 5) is 37.2. The number of anilines is 1. The Hall–Kier alpha value is -2.68. The molecule has 0 unspecified atom stereocenters. The van der Waals surface area contributed by atoms with Crippen molar-refractivity contribution in [2.24, 2.45) is 14.1 Å². The van der Waals surface area contributed by atoms with E-state index in [-0.39, 0.29) is 24.6 Å². The summed E-state index contributed by atoms with van der Waals surface area (Å²) in [5, 5.41) is 6.29. The Morgan fingerprint density at radius 1 is 1.30 bits per heavy atom. The molecule has 0 fully saturated rings. The van der Waals surface area contributed by atoms with Crippen LogP contribution >= 0.6 is 0 Å². The van der Waals surface area contributed by atoms with E-state index < -0.39 is 5.69 Å². The number of likely N-dealkylation sites (N-methyl/N-ethyl adjacent to an activating group) is 1. The molecule has 2 heterocycles. The predicted octanol–water partition coefficient (Wildman–Crippen LogP) is -0.549. The van der Waals surface area contributed by atoms with E-state index in [2.05, 4.69) is 10.5 Å². The van der Waals surface area contributed by atoms with Gasteiger partial charge >= 0.3 is 5.69 Å². The largest absolute Gasteiger partial charge is 0.360 e. The molecule has 0 spiro atoms. The van der Waals surface area contributed by atoms with Crippen LogP contribution in [0, 0.1) is 6.92 Å². The first-order chi connectivity index (χ1) is 10.8. The van der Waals surface area contributed by atoms with Crippen molar-refractivity contribution < 1.29 is 9.32 Å². The van der Waals surface area contributed by atoms with Crippen LogP contribution in [0.5, 0.6) is 0 Å². The second kappa shape index (κ2) is 6.61. The third kappa shape index (κ3) is 3.95. The van der Waals surface area contributed by atoms with Crippen molar-refractivity contribution in [3.8, 4) is 0 Å². The molecule has 0 aromatic carbocycles. The number of carbonyl (C=O) groups excluding carboxylic acids is 1. The normalized spacial score (nSPS) is 11.0. The van der Waals surface area contributed by atoms with Gasteiger partial charge in [0.2, 0.25) is 5.91 Å². The molecule has 23 heavy (non-hydrogen) atoms. The SMILES string of the molecule is Cc1cc(NC(=O)CN(C)Cc2cc(=O)n(C)c(=O)n2C)no1. The van der Waals surface area contributed by atoms with E-state index in [0.29, 0.717) is 17.3 Å². The molecule has 2 aromatic rings. The fraction of sp³-hybridized carbons (Fsp3) is 0.429. The lowest BCUT2D eigenvalue weighted by atomic mass is 10.3. The topological polar surface area (TPSA) is 102 Å². The van der Waals surface area contributed by atoms with Crippen molar-refractivity contribution in [2.45, 2.75) is 13.5 Å². The fourth-order valence-electron chi connectivity index (χ4n) is 2.12. The number of carbonyl (C=O) groups is 1. The highest BCUT2D eigenvalue weighted by molar-refractivity contribution is 5.91. The summed E-state index contributed by atoms with van der Waals surface area (Å²) >= 11 is 0. The molecule has 0 aliphatic rings. The molecule has 124 valence electrons. The minimum atomic E-state index is -0.400. The van der Waals surface area contributed by atoms with Crippen molar-refractivity contribution in [2.75, 3.05) is 18.9 Å². The van der Waals surface area contributed by atoms with Gasteiger partial charge in [0.15, 0.2) is 5.82 Å². The quantitative estimate of drug-likeness (QED) is 0.793. The van der Waals surface area contributed by atoms with Crippen molar-refractivity contribution >= 4 is 11.7 Å². The summed E-state index contributed by atoms with van der Waals surface area (Å²) in [7, 11) is 4.73. The molecule has 0 bridgehead atoms.